The molecule has 2 heterocycles. The van der Waals surface area contributed by atoms with Gasteiger partial charge in [0.1, 0.15) is 17.3 Å². The van der Waals surface area contributed by atoms with Gasteiger partial charge in [0, 0.05) is 23.3 Å². The molecule has 1 N–H and O–H groups in total. The number of carbonyl (C=O) groups is 1. The number of benzene rings is 1. The van der Waals surface area contributed by atoms with Gasteiger partial charge < -0.3 is 14.7 Å². The summed E-state index contributed by atoms with van der Waals surface area (Å²) in [5.74, 6) is -0.0541. The summed E-state index contributed by atoms with van der Waals surface area (Å²) < 4.78 is 5.38. The van der Waals surface area contributed by atoms with Crippen molar-refractivity contribution in [2.45, 2.75) is 25.8 Å². The van der Waals surface area contributed by atoms with Crippen LogP contribution < -0.4 is 9.64 Å². The molecule has 1 unspecified atom stereocenters. The molecule has 5 heteroatoms. The molecule has 0 bridgehead atoms. The first-order chi connectivity index (χ1) is 10.1. The first-order valence-electron chi connectivity index (χ1n) is 7.05. The molecule has 21 heavy (non-hydrogen) atoms. The van der Waals surface area contributed by atoms with Gasteiger partial charge in [0.25, 0.3) is 0 Å². The fourth-order valence-electron chi connectivity index (χ4n) is 3.04. The highest BCUT2D eigenvalue weighted by atomic mass is 16.5. The number of nitrogens with zero attached hydrogens (tertiary/aromatic N) is 2. The number of pyridine rings is 1. The number of methoxy groups -OCH3 is 1. The van der Waals surface area contributed by atoms with Crippen LogP contribution in [0, 0.1) is 6.92 Å². The van der Waals surface area contributed by atoms with Crippen LogP contribution in [0.2, 0.25) is 0 Å². The highest BCUT2D eigenvalue weighted by Gasteiger charge is 2.31. The summed E-state index contributed by atoms with van der Waals surface area (Å²) >= 11 is 0. The second-order valence-electron chi connectivity index (χ2n) is 5.33. The Balaban J connectivity index is 2.20. The number of aromatic nitrogens is 1. The quantitative estimate of drug-likeness (QED) is 0.939. The van der Waals surface area contributed by atoms with Gasteiger partial charge in [0.2, 0.25) is 0 Å². The predicted molar refractivity (Wildman–Crippen MR) is 81.0 cm³/mol. The highest BCUT2D eigenvalue weighted by Crippen LogP contribution is 2.35. The van der Waals surface area contributed by atoms with Gasteiger partial charge in [0.05, 0.1) is 7.11 Å². The number of aliphatic carboxylic acids is 1. The minimum atomic E-state index is -0.766. The van der Waals surface area contributed by atoms with Crippen molar-refractivity contribution in [3.8, 4) is 5.75 Å². The molecule has 1 fully saturated rings. The van der Waals surface area contributed by atoms with Gasteiger partial charge in [-0.2, -0.15) is 0 Å². The summed E-state index contributed by atoms with van der Waals surface area (Å²) in [6.45, 7) is 2.67. The van der Waals surface area contributed by atoms with E-state index in [0.29, 0.717) is 12.2 Å². The lowest BCUT2D eigenvalue weighted by Crippen LogP contribution is -2.36. The molecule has 0 saturated carbocycles. The van der Waals surface area contributed by atoms with E-state index >= 15 is 0 Å². The molecule has 3 rings (SSSR count). The molecule has 1 aromatic carbocycles. The highest BCUT2D eigenvalue weighted by molar-refractivity contribution is 5.97. The maximum atomic E-state index is 11.4. The van der Waals surface area contributed by atoms with E-state index < -0.39 is 12.0 Å². The van der Waals surface area contributed by atoms with Crippen molar-refractivity contribution < 1.29 is 14.6 Å². The van der Waals surface area contributed by atoms with Gasteiger partial charge in [-0.05, 0) is 31.9 Å². The molecule has 1 aromatic heterocycles. The number of hydrogen-bond donors (Lipinski definition) is 1. The van der Waals surface area contributed by atoms with Crippen molar-refractivity contribution in [3.63, 3.8) is 0 Å². The van der Waals surface area contributed by atoms with Crippen LogP contribution in [-0.4, -0.2) is 35.8 Å². The van der Waals surface area contributed by atoms with Crippen LogP contribution in [0.3, 0.4) is 0 Å². The topological polar surface area (TPSA) is 62.7 Å². The number of para-hydroxylation sites is 1. The van der Waals surface area contributed by atoms with Crippen molar-refractivity contribution >= 4 is 22.6 Å². The van der Waals surface area contributed by atoms with Crippen molar-refractivity contribution in [2.24, 2.45) is 0 Å². The van der Waals surface area contributed by atoms with Gasteiger partial charge >= 0.3 is 5.97 Å². The third kappa shape index (κ3) is 2.28. The van der Waals surface area contributed by atoms with Crippen LogP contribution in [0.15, 0.2) is 24.3 Å². The molecule has 1 aliphatic heterocycles. The number of ether oxygens (including phenoxy) is 1. The van der Waals surface area contributed by atoms with Crippen LogP contribution in [0.25, 0.3) is 10.9 Å². The van der Waals surface area contributed by atoms with E-state index in [0.717, 1.165) is 35.2 Å². The van der Waals surface area contributed by atoms with Gasteiger partial charge in [0.15, 0.2) is 0 Å². The first-order valence-corrected chi connectivity index (χ1v) is 7.05. The second kappa shape index (κ2) is 5.24. The molecule has 5 nitrogen and oxygen atoms in total. The number of anilines is 1. The zero-order valence-electron chi connectivity index (χ0n) is 12.2. The molecule has 1 saturated heterocycles. The van der Waals surface area contributed by atoms with Crippen LogP contribution >= 0.6 is 0 Å². The summed E-state index contributed by atoms with van der Waals surface area (Å²) in [7, 11) is 1.62. The predicted octanol–water partition coefficient (Wildman–Crippen LogP) is 2.61. The van der Waals surface area contributed by atoms with E-state index in [-0.39, 0.29) is 0 Å². The van der Waals surface area contributed by atoms with E-state index in [4.69, 9.17) is 4.74 Å². The average molecular weight is 286 g/mol. The number of aryl methyl sites for hydroxylation is 1. The van der Waals surface area contributed by atoms with Crippen molar-refractivity contribution in [3.05, 3.63) is 30.0 Å². The van der Waals surface area contributed by atoms with E-state index in [1.54, 1.807) is 7.11 Å². The Hall–Kier alpha value is -2.30. The van der Waals surface area contributed by atoms with Crippen LogP contribution in [0.4, 0.5) is 5.69 Å². The molecule has 1 atom stereocenters. The monoisotopic (exact) mass is 286 g/mol. The van der Waals surface area contributed by atoms with Gasteiger partial charge in [-0.3, -0.25) is 0 Å². The van der Waals surface area contributed by atoms with Crippen molar-refractivity contribution in [1.82, 2.24) is 4.98 Å². The van der Waals surface area contributed by atoms with Gasteiger partial charge in [-0.25, -0.2) is 9.78 Å². The third-order valence-electron chi connectivity index (χ3n) is 3.98. The number of carboxylic acids is 1. The molecule has 0 amide bonds. The molecule has 110 valence electrons. The summed E-state index contributed by atoms with van der Waals surface area (Å²) in [5, 5.41) is 10.3. The van der Waals surface area contributed by atoms with Crippen LogP contribution in [-0.2, 0) is 4.79 Å². The number of fused-ring (bicyclic) bond motifs is 1. The Kier molecular flexibility index (Phi) is 3.41. The van der Waals surface area contributed by atoms with E-state index in [1.165, 1.54) is 0 Å². The van der Waals surface area contributed by atoms with E-state index in [1.807, 2.05) is 36.1 Å². The Bertz CT molecular complexity index is 699. The second-order valence-corrected chi connectivity index (χ2v) is 5.33. The maximum Gasteiger partial charge on any atom is 0.326 e. The zero-order chi connectivity index (χ0) is 15.0. The SMILES string of the molecule is COc1cccc2c(N3CCCC3C(=O)O)cc(C)nc12. The van der Waals surface area contributed by atoms with Crippen molar-refractivity contribution in [1.29, 1.82) is 0 Å². The minimum absolute atomic E-state index is 0.457. The van der Waals surface area contributed by atoms with Crippen LogP contribution in [0.5, 0.6) is 5.75 Å². The standard InChI is InChI=1S/C16H18N2O3/c1-10-9-13(18-8-4-6-12(18)16(19)20)11-5-3-7-14(21-2)15(11)17-10/h3,5,7,9,12H,4,6,8H2,1-2H3,(H,19,20). The van der Waals surface area contributed by atoms with Gasteiger partial charge in [-0.15, -0.1) is 0 Å². The van der Waals surface area contributed by atoms with E-state index in [2.05, 4.69) is 4.98 Å². The molecule has 0 aliphatic carbocycles. The van der Waals surface area contributed by atoms with E-state index in [9.17, 15) is 9.90 Å². The fourth-order valence-corrected chi connectivity index (χ4v) is 3.04. The molecular formula is C16H18N2O3. The molecular weight excluding hydrogens is 268 g/mol. The summed E-state index contributed by atoms with van der Waals surface area (Å²) in [6, 6.07) is 7.26. The lowest BCUT2D eigenvalue weighted by molar-refractivity contribution is -0.138. The fraction of sp³-hybridized carbons (Fsp3) is 0.375. The minimum Gasteiger partial charge on any atom is -0.494 e. The van der Waals surface area contributed by atoms with Crippen LogP contribution in [0.1, 0.15) is 18.5 Å². The van der Waals surface area contributed by atoms with Gasteiger partial charge in [-0.1, -0.05) is 12.1 Å². The first kappa shape index (κ1) is 13.7. The lowest BCUT2D eigenvalue weighted by atomic mass is 10.1. The maximum absolute atomic E-state index is 11.4. The Morgan fingerprint density at radius 2 is 2.29 bits per heavy atom. The number of rotatable bonds is 3. The average Bonchev–Trinajstić information content (AvgIpc) is 2.95. The Morgan fingerprint density at radius 3 is 3.00 bits per heavy atom. The lowest BCUT2D eigenvalue weighted by Gasteiger charge is -2.25. The zero-order valence-corrected chi connectivity index (χ0v) is 12.2. The molecule has 2 aromatic rings. The summed E-state index contributed by atoms with van der Waals surface area (Å²) in [4.78, 5) is 18.0. The number of hydrogen-bond acceptors (Lipinski definition) is 4. The summed E-state index contributed by atoms with van der Waals surface area (Å²) in [6.07, 6.45) is 1.58. The molecule has 0 radical (unpaired) electrons. The normalized spacial score (nSPS) is 18.2. The third-order valence-corrected chi connectivity index (χ3v) is 3.98. The number of carboxylic acid groups (broad SMARTS) is 1. The van der Waals surface area contributed by atoms with Crippen molar-refractivity contribution in [2.75, 3.05) is 18.6 Å². The largest absolute Gasteiger partial charge is 0.494 e. The molecule has 0 spiro atoms. The Morgan fingerprint density at radius 1 is 1.48 bits per heavy atom. The smallest absolute Gasteiger partial charge is 0.326 e. The molecule has 1 aliphatic rings. The summed E-state index contributed by atoms with van der Waals surface area (Å²) in [5.41, 5.74) is 2.57. The Labute approximate surface area is 123 Å².